The lowest BCUT2D eigenvalue weighted by molar-refractivity contribution is -0.140. The van der Waals surface area contributed by atoms with E-state index in [0.717, 1.165) is 12.1 Å². The maximum Gasteiger partial charge on any atom is 0.322 e. The number of benzene rings is 1. The minimum absolute atomic E-state index is 0.380. The number of aliphatic carboxylic acids is 1. The Hall–Kier alpha value is -0.990. The van der Waals surface area contributed by atoms with E-state index >= 15 is 0 Å². The van der Waals surface area contributed by atoms with Crippen LogP contribution >= 0.6 is 15.9 Å². The van der Waals surface area contributed by atoms with Gasteiger partial charge in [0.1, 0.15) is 16.8 Å². The summed E-state index contributed by atoms with van der Waals surface area (Å²) >= 11 is 3.04. The first-order valence-corrected chi connectivity index (χ1v) is 7.63. The van der Waals surface area contributed by atoms with Crippen LogP contribution in [0.3, 0.4) is 0 Å². The molecule has 1 rings (SSSR count). The Labute approximate surface area is 119 Å². The molecular weight excluding hydrogens is 341 g/mol. The molecule has 0 spiro atoms. The molecule has 0 fully saturated rings. The Kier molecular flexibility index (Phi) is 5.05. The maximum absolute atomic E-state index is 13.5. The molecule has 1 atom stereocenters. The van der Waals surface area contributed by atoms with E-state index in [9.17, 15) is 17.6 Å². The maximum atomic E-state index is 13.5. The minimum Gasteiger partial charge on any atom is -0.480 e. The summed E-state index contributed by atoms with van der Waals surface area (Å²) in [5, 5.41) is 8.95. The van der Waals surface area contributed by atoms with E-state index < -0.39 is 38.7 Å². The largest absolute Gasteiger partial charge is 0.480 e. The zero-order chi connectivity index (χ0) is 14.8. The fourth-order valence-corrected chi connectivity index (χ4v) is 3.34. The van der Waals surface area contributed by atoms with Crippen molar-refractivity contribution in [3.63, 3.8) is 0 Å². The standard InChI is InChI=1S/C11H13BrFNO4S/c1-6(2)10(11(15)16)14-19(17,18)9-5-7(12)3-4-8(9)13/h3-6,10,14H,1-2H3,(H,15,16)/t10-/m0/s1. The van der Waals surface area contributed by atoms with Gasteiger partial charge in [0.05, 0.1) is 0 Å². The summed E-state index contributed by atoms with van der Waals surface area (Å²) in [6.45, 7) is 3.11. The highest BCUT2D eigenvalue weighted by Crippen LogP contribution is 2.20. The first kappa shape index (κ1) is 16.1. The van der Waals surface area contributed by atoms with E-state index in [0.29, 0.717) is 4.47 Å². The number of carboxylic acid groups (broad SMARTS) is 1. The lowest BCUT2D eigenvalue weighted by Crippen LogP contribution is -2.44. The van der Waals surface area contributed by atoms with Gasteiger partial charge < -0.3 is 5.11 Å². The van der Waals surface area contributed by atoms with Crippen molar-refractivity contribution in [3.8, 4) is 0 Å². The first-order valence-electron chi connectivity index (χ1n) is 5.35. The zero-order valence-electron chi connectivity index (χ0n) is 10.2. The first-order chi connectivity index (χ1) is 8.65. The molecule has 0 aliphatic heterocycles. The van der Waals surface area contributed by atoms with Gasteiger partial charge in [-0.3, -0.25) is 4.79 Å². The van der Waals surface area contributed by atoms with Crippen LogP contribution in [0, 0.1) is 11.7 Å². The number of sulfonamides is 1. The minimum atomic E-state index is -4.24. The smallest absolute Gasteiger partial charge is 0.322 e. The lowest BCUT2D eigenvalue weighted by atomic mass is 10.1. The molecule has 0 unspecified atom stereocenters. The average molecular weight is 354 g/mol. The Bertz CT molecular complexity index is 588. The van der Waals surface area contributed by atoms with Gasteiger partial charge in [-0.05, 0) is 24.1 Å². The van der Waals surface area contributed by atoms with Crippen LogP contribution in [0.2, 0.25) is 0 Å². The SMILES string of the molecule is CC(C)[C@H](NS(=O)(=O)c1cc(Br)ccc1F)C(=O)O. The van der Waals surface area contributed by atoms with E-state index in [1.54, 1.807) is 13.8 Å². The topological polar surface area (TPSA) is 83.5 Å². The van der Waals surface area contributed by atoms with Gasteiger partial charge in [-0.2, -0.15) is 4.72 Å². The number of nitrogens with one attached hydrogen (secondary N) is 1. The van der Waals surface area contributed by atoms with E-state index in [2.05, 4.69) is 15.9 Å². The zero-order valence-corrected chi connectivity index (χ0v) is 12.6. The molecule has 2 N–H and O–H groups in total. The molecule has 8 heteroatoms. The lowest BCUT2D eigenvalue weighted by Gasteiger charge is -2.18. The van der Waals surface area contributed by atoms with E-state index in [1.807, 2.05) is 4.72 Å². The van der Waals surface area contributed by atoms with Gasteiger partial charge in [0, 0.05) is 4.47 Å². The second-order valence-corrected chi connectivity index (χ2v) is 6.85. The third kappa shape index (κ3) is 3.99. The number of carboxylic acids is 1. The molecule has 0 aromatic heterocycles. The molecule has 0 saturated carbocycles. The van der Waals surface area contributed by atoms with Gasteiger partial charge in [-0.15, -0.1) is 0 Å². The van der Waals surface area contributed by atoms with Crippen LogP contribution in [0.5, 0.6) is 0 Å². The monoisotopic (exact) mass is 353 g/mol. The second-order valence-electron chi connectivity index (χ2n) is 4.26. The molecule has 0 aliphatic carbocycles. The molecule has 1 aromatic rings. The highest BCUT2D eigenvalue weighted by atomic mass is 79.9. The number of hydrogen-bond donors (Lipinski definition) is 2. The summed E-state index contributed by atoms with van der Waals surface area (Å²) in [5.74, 6) is -2.72. The fourth-order valence-electron chi connectivity index (χ4n) is 1.39. The quantitative estimate of drug-likeness (QED) is 0.847. The molecule has 0 aliphatic rings. The number of rotatable bonds is 5. The van der Waals surface area contributed by atoms with Crippen LogP contribution in [-0.2, 0) is 14.8 Å². The van der Waals surface area contributed by atoms with Gasteiger partial charge in [-0.25, -0.2) is 12.8 Å². The Morgan fingerprint density at radius 2 is 2.00 bits per heavy atom. The van der Waals surface area contributed by atoms with Crippen LogP contribution in [0.1, 0.15) is 13.8 Å². The van der Waals surface area contributed by atoms with Crippen LogP contribution in [0.15, 0.2) is 27.6 Å². The summed E-state index contributed by atoms with van der Waals surface area (Å²) in [5.41, 5.74) is 0. The second kappa shape index (κ2) is 5.98. The van der Waals surface area contributed by atoms with Crippen molar-refractivity contribution in [3.05, 3.63) is 28.5 Å². The van der Waals surface area contributed by atoms with E-state index in [1.165, 1.54) is 6.07 Å². The van der Waals surface area contributed by atoms with Crippen LogP contribution in [0.4, 0.5) is 4.39 Å². The van der Waals surface area contributed by atoms with Crippen molar-refractivity contribution in [2.24, 2.45) is 5.92 Å². The molecule has 106 valence electrons. The molecule has 1 aromatic carbocycles. The predicted octanol–water partition coefficient (Wildman–Crippen LogP) is 1.98. The third-order valence-corrected chi connectivity index (χ3v) is 4.35. The molecule has 0 heterocycles. The summed E-state index contributed by atoms with van der Waals surface area (Å²) in [4.78, 5) is 10.4. The molecule has 0 saturated heterocycles. The van der Waals surface area contributed by atoms with Gasteiger partial charge in [0.15, 0.2) is 0 Å². The molecule has 0 bridgehead atoms. The Morgan fingerprint density at radius 3 is 2.47 bits per heavy atom. The molecule has 5 nitrogen and oxygen atoms in total. The van der Waals surface area contributed by atoms with Crippen molar-refractivity contribution in [1.82, 2.24) is 4.72 Å². The average Bonchev–Trinajstić information content (AvgIpc) is 2.28. The van der Waals surface area contributed by atoms with Gasteiger partial charge in [-0.1, -0.05) is 29.8 Å². The summed E-state index contributed by atoms with van der Waals surface area (Å²) in [7, 11) is -4.24. The van der Waals surface area contributed by atoms with Crippen LogP contribution in [-0.4, -0.2) is 25.5 Å². The van der Waals surface area contributed by atoms with Gasteiger partial charge in [0.25, 0.3) is 0 Å². The molecule has 19 heavy (non-hydrogen) atoms. The predicted molar refractivity (Wildman–Crippen MR) is 70.7 cm³/mol. The van der Waals surface area contributed by atoms with E-state index in [-0.39, 0.29) is 0 Å². The van der Waals surface area contributed by atoms with Crippen molar-refractivity contribution in [2.75, 3.05) is 0 Å². The van der Waals surface area contributed by atoms with Crippen molar-refractivity contribution < 1.29 is 22.7 Å². The molecule has 0 radical (unpaired) electrons. The van der Waals surface area contributed by atoms with Crippen molar-refractivity contribution in [1.29, 1.82) is 0 Å². The highest BCUT2D eigenvalue weighted by molar-refractivity contribution is 9.10. The highest BCUT2D eigenvalue weighted by Gasteiger charge is 2.29. The van der Waals surface area contributed by atoms with Crippen LogP contribution < -0.4 is 4.72 Å². The fraction of sp³-hybridized carbons (Fsp3) is 0.364. The summed E-state index contributed by atoms with van der Waals surface area (Å²) in [6.07, 6.45) is 0. The van der Waals surface area contributed by atoms with Gasteiger partial charge in [0.2, 0.25) is 10.0 Å². The van der Waals surface area contributed by atoms with Crippen LogP contribution in [0.25, 0.3) is 0 Å². The normalized spacial score (nSPS) is 13.5. The number of halogens is 2. The molecular formula is C11H13BrFNO4S. The number of carbonyl (C=O) groups is 1. The number of hydrogen-bond acceptors (Lipinski definition) is 3. The van der Waals surface area contributed by atoms with Gasteiger partial charge >= 0.3 is 5.97 Å². The molecule has 0 amide bonds. The summed E-state index contributed by atoms with van der Waals surface area (Å²) in [6, 6.07) is 2.11. The van der Waals surface area contributed by atoms with Crippen molar-refractivity contribution >= 4 is 31.9 Å². The Balaban J connectivity index is 3.17. The van der Waals surface area contributed by atoms with E-state index in [4.69, 9.17) is 5.11 Å². The van der Waals surface area contributed by atoms with Crippen molar-refractivity contribution in [2.45, 2.75) is 24.8 Å². The summed E-state index contributed by atoms with van der Waals surface area (Å²) < 4.78 is 39.9. The third-order valence-electron chi connectivity index (χ3n) is 2.40. The Morgan fingerprint density at radius 1 is 1.42 bits per heavy atom.